The molecule has 1 unspecified atom stereocenters. The van der Waals surface area contributed by atoms with Crippen LogP contribution in [0.25, 0.3) is 0 Å². The number of nitrogens with zero attached hydrogens (tertiary/aromatic N) is 2. The third-order valence-electron chi connectivity index (χ3n) is 3.39. The first-order valence-corrected chi connectivity index (χ1v) is 7.25. The average Bonchev–Trinajstić information content (AvgIpc) is 2.99. The number of furan rings is 1. The van der Waals surface area contributed by atoms with Crippen LogP contribution in [0.1, 0.15) is 35.6 Å². The fourth-order valence-corrected chi connectivity index (χ4v) is 2.12. The molecule has 0 bridgehead atoms. The Bertz CT molecular complexity index is 745. The van der Waals surface area contributed by atoms with Gasteiger partial charge in [-0.25, -0.2) is 4.39 Å². The highest BCUT2D eigenvalue weighted by atomic mass is 19.1. The second-order valence-corrected chi connectivity index (χ2v) is 5.16. The average molecular weight is 314 g/mol. The fourth-order valence-electron chi connectivity index (χ4n) is 2.12. The highest BCUT2D eigenvalue weighted by Crippen LogP contribution is 2.15. The summed E-state index contributed by atoms with van der Waals surface area (Å²) >= 11 is 0. The number of nitriles is 1. The van der Waals surface area contributed by atoms with Crippen molar-refractivity contribution < 1.29 is 8.81 Å². The minimum Gasteiger partial charge on any atom is -0.464 e. The fraction of sp³-hybridized carbons (Fsp3) is 0.294. The molecule has 0 aliphatic carbocycles. The monoisotopic (exact) mass is 314 g/mol. The van der Waals surface area contributed by atoms with Crippen LogP contribution in [0.3, 0.4) is 0 Å². The zero-order valence-electron chi connectivity index (χ0n) is 13.4. The van der Waals surface area contributed by atoms with Crippen LogP contribution in [0.2, 0.25) is 0 Å². The summed E-state index contributed by atoms with van der Waals surface area (Å²) in [6.07, 6.45) is 0. The van der Waals surface area contributed by atoms with Crippen LogP contribution in [0.4, 0.5) is 4.39 Å². The Morgan fingerprint density at radius 3 is 2.78 bits per heavy atom. The highest BCUT2D eigenvalue weighted by molar-refractivity contribution is 5.80. The van der Waals surface area contributed by atoms with Crippen LogP contribution in [-0.4, -0.2) is 13.0 Å². The molecule has 0 aliphatic rings. The highest BCUT2D eigenvalue weighted by Gasteiger charge is 2.12. The molecule has 0 amide bonds. The van der Waals surface area contributed by atoms with E-state index in [9.17, 15) is 4.39 Å². The Morgan fingerprint density at radius 1 is 1.39 bits per heavy atom. The molecular formula is C17H19FN4O. The van der Waals surface area contributed by atoms with Gasteiger partial charge >= 0.3 is 0 Å². The SMILES string of the molecule is CN=C(NCc1cc(C#N)ccc1F)NC(C)c1ccc(C)o1. The van der Waals surface area contributed by atoms with Gasteiger partial charge in [0.1, 0.15) is 17.3 Å². The molecule has 120 valence electrons. The number of nitrogens with one attached hydrogen (secondary N) is 2. The summed E-state index contributed by atoms with van der Waals surface area (Å²) in [5, 5.41) is 15.1. The molecular weight excluding hydrogens is 295 g/mol. The molecule has 0 aliphatic heterocycles. The quantitative estimate of drug-likeness (QED) is 0.672. The number of hydrogen-bond donors (Lipinski definition) is 2. The predicted octanol–water partition coefficient (Wildman–Crippen LogP) is 3.03. The second-order valence-electron chi connectivity index (χ2n) is 5.16. The summed E-state index contributed by atoms with van der Waals surface area (Å²) in [6.45, 7) is 4.06. The largest absolute Gasteiger partial charge is 0.464 e. The lowest BCUT2D eigenvalue weighted by atomic mass is 10.1. The van der Waals surface area contributed by atoms with Gasteiger partial charge in [-0.3, -0.25) is 4.99 Å². The van der Waals surface area contributed by atoms with Crippen molar-refractivity contribution in [2.45, 2.75) is 26.4 Å². The van der Waals surface area contributed by atoms with Gasteiger partial charge in [0, 0.05) is 19.2 Å². The molecule has 5 nitrogen and oxygen atoms in total. The van der Waals surface area contributed by atoms with Crippen molar-refractivity contribution in [1.82, 2.24) is 10.6 Å². The summed E-state index contributed by atoms with van der Waals surface area (Å²) in [5.74, 6) is 1.80. The van der Waals surface area contributed by atoms with Crippen LogP contribution >= 0.6 is 0 Å². The Balaban J connectivity index is 1.99. The van der Waals surface area contributed by atoms with E-state index in [0.717, 1.165) is 11.5 Å². The van der Waals surface area contributed by atoms with E-state index in [1.54, 1.807) is 7.05 Å². The Labute approximate surface area is 134 Å². The molecule has 1 aromatic carbocycles. The molecule has 0 radical (unpaired) electrons. The molecule has 1 heterocycles. The Morgan fingerprint density at radius 2 is 2.17 bits per heavy atom. The molecule has 2 N–H and O–H groups in total. The van der Waals surface area contributed by atoms with Gasteiger partial charge in [-0.15, -0.1) is 0 Å². The lowest BCUT2D eigenvalue weighted by Crippen LogP contribution is -2.38. The molecule has 1 atom stereocenters. The number of rotatable bonds is 4. The van der Waals surface area contributed by atoms with Crippen LogP contribution < -0.4 is 10.6 Å². The van der Waals surface area contributed by atoms with Crippen molar-refractivity contribution >= 4 is 5.96 Å². The summed E-state index contributed by atoms with van der Waals surface area (Å²) in [6, 6.07) is 9.98. The standard InChI is InChI=1S/C17H19FN4O/c1-11-4-7-16(23-11)12(2)22-17(20-3)21-10-14-8-13(9-19)5-6-15(14)18/h4-8,12H,10H2,1-3H3,(H2,20,21,22). The number of aliphatic imine (C=N–C) groups is 1. The van der Waals surface area contributed by atoms with Gasteiger partial charge in [0.25, 0.3) is 0 Å². The summed E-state index contributed by atoms with van der Waals surface area (Å²) in [5.41, 5.74) is 0.832. The van der Waals surface area contributed by atoms with E-state index in [2.05, 4.69) is 15.6 Å². The molecule has 2 rings (SSSR count). The van der Waals surface area contributed by atoms with Crippen LogP contribution in [0, 0.1) is 24.1 Å². The van der Waals surface area contributed by atoms with Crippen molar-refractivity contribution in [3.63, 3.8) is 0 Å². The summed E-state index contributed by atoms with van der Waals surface area (Å²) in [7, 11) is 1.64. The van der Waals surface area contributed by atoms with E-state index in [0.29, 0.717) is 17.1 Å². The number of benzene rings is 1. The Kier molecular flexibility index (Phi) is 5.36. The first-order valence-electron chi connectivity index (χ1n) is 7.25. The smallest absolute Gasteiger partial charge is 0.191 e. The van der Waals surface area contributed by atoms with Gasteiger partial charge in [-0.05, 0) is 44.2 Å². The molecule has 0 saturated heterocycles. The number of guanidine groups is 1. The number of hydrogen-bond acceptors (Lipinski definition) is 3. The number of halogens is 1. The molecule has 0 spiro atoms. The van der Waals surface area contributed by atoms with E-state index in [1.807, 2.05) is 32.0 Å². The minimum absolute atomic E-state index is 0.0785. The van der Waals surface area contributed by atoms with Crippen LogP contribution in [0.5, 0.6) is 0 Å². The second kappa shape index (κ2) is 7.45. The first kappa shape index (κ1) is 16.6. The van der Waals surface area contributed by atoms with E-state index >= 15 is 0 Å². The van der Waals surface area contributed by atoms with E-state index in [4.69, 9.17) is 9.68 Å². The minimum atomic E-state index is -0.360. The van der Waals surface area contributed by atoms with Crippen molar-refractivity contribution in [2.24, 2.45) is 4.99 Å². The van der Waals surface area contributed by atoms with Crippen LogP contribution in [-0.2, 0) is 6.54 Å². The lowest BCUT2D eigenvalue weighted by molar-refractivity contribution is 0.441. The maximum absolute atomic E-state index is 13.8. The van der Waals surface area contributed by atoms with Crippen molar-refractivity contribution in [3.8, 4) is 6.07 Å². The van der Waals surface area contributed by atoms with E-state index in [1.165, 1.54) is 18.2 Å². The zero-order valence-corrected chi connectivity index (χ0v) is 13.4. The normalized spacial score (nSPS) is 12.6. The van der Waals surface area contributed by atoms with Gasteiger partial charge in [-0.2, -0.15) is 5.26 Å². The molecule has 1 aromatic heterocycles. The van der Waals surface area contributed by atoms with Gasteiger partial charge in [0.15, 0.2) is 5.96 Å². The predicted molar refractivity (Wildman–Crippen MR) is 86.3 cm³/mol. The summed E-state index contributed by atoms with van der Waals surface area (Å²) < 4.78 is 19.3. The van der Waals surface area contributed by atoms with Gasteiger partial charge in [-0.1, -0.05) is 0 Å². The molecule has 0 saturated carbocycles. The first-order chi connectivity index (χ1) is 11.0. The van der Waals surface area contributed by atoms with Crippen molar-refractivity contribution in [3.05, 3.63) is 58.8 Å². The summed E-state index contributed by atoms with van der Waals surface area (Å²) in [4.78, 5) is 4.11. The van der Waals surface area contributed by atoms with Gasteiger partial charge in [0.05, 0.1) is 17.7 Å². The van der Waals surface area contributed by atoms with Crippen molar-refractivity contribution in [2.75, 3.05) is 7.05 Å². The lowest BCUT2D eigenvalue weighted by Gasteiger charge is -2.16. The molecule has 23 heavy (non-hydrogen) atoms. The Hall–Kier alpha value is -2.81. The molecule has 2 aromatic rings. The molecule has 0 fully saturated rings. The topological polar surface area (TPSA) is 73.3 Å². The van der Waals surface area contributed by atoms with Gasteiger partial charge in [0.2, 0.25) is 0 Å². The maximum Gasteiger partial charge on any atom is 0.191 e. The maximum atomic E-state index is 13.8. The van der Waals surface area contributed by atoms with Gasteiger partial charge < -0.3 is 15.1 Å². The number of aryl methyl sites for hydroxylation is 1. The third-order valence-corrected chi connectivity index (χ3v) is 3.39. The third kappa shape index (κ3) is 4.33. The van der Waals surface area contributed by atoms with E-state index < -0.39 is 0 Å². The molecule has 6 heteroatoms. The zero-order chi connectivity index (χ0) is 16.8. The van der Waals surface area contributed by atoms with E-state index in [-0.39, 0.29) is 18.4 Å². The van der Waals surface area contributed by atoms with Crippen LogP contribution in [0.15, 0.2) is 39.7 Å². The van der Waals surface area contributed by atoms with Crippen molar-refractivity contribution in [1.29, 1.82) is 5.26 Å².